The van der Waals surface area contributed by atoms with E-state index in [0.717, 1.165) is 5.69 Å². The fourth-order valence-electron chi connectivity index (χ4n) is 3.25. The topological polar surface area (TPSA) is 105 Å². The van der Waals surface area contributed by atoms with Crippen molar-refractivity contribution in [3.8, 4) is 5.75 Å². The fraction of sp³-hybridized carbons (Fsp3) is 0.100. The van der Waals surface area contributed by atoms with Crippen LogP contribution in [-0.4, -0.2) is 18.9 Å². The van der Waals surface area contributed by atoms with Crippen LogP contribution in [0.2, 0.25) is 0 Å². The number of carbonyl (C=O) groups is 1. The van der Waals surface area contributed by atoms with Crippen LogP contribution in [-0.2, 0) is 0 Å². The first kappa shape index (κ1) is 16.7. The molecule has 0 radical (unpaired) electrons. The second-order valence-electron chi connectivity index (χ2n) is 6.08. The van der Waals surface area contributed by atoms with Crippen LogP contribution in [0, 0.1) is 5.41 Å². The van der Waals surface area contributed by atoms with Gasteiger partial charge in [-0.2, -0.15) is 0 Å². The lowest BCUT2D eigenvalue weighted by Crippen LogP contribution is -2.43. The Morgan fingerprint density at radius 3 is 2.63 bits per heavy atom. The minimum Gasteiger partial charge on any atom is -0.497 e. The van der Waals surface area contributed by atoms with Crippen molar-refractivity contribution in [3.05, 3.63) is 77.6 Å². The Morgan fingerprint density at radius 2 is 1.93 bits per heavy atom. The first-order valence-corrected chi connectivity index (χ1v) is 8.35. The number of hydrogen-bond acceptors (Lipinski definition) is 5. The van der Waals surface area contributed by atoms with Gasteiger partial charge in [0.25, 0.3) is 0 Å². The Bertz CT molecular complexity index is 1010. The number of amides is 1. The number of anilines is 2. The maximum Gasteiger partial charge on any atom is 0.249 e. The number of nitrogens with one attached hydrogen (secondary N) is 2. The summed E-state index contributed by atoms with van der Waals surface area (Å²) in [6.45, 7) is 0. The van der Waals surface area contributed by atoms with Crippen molar-refractivity contribution in [2.24, 2.45) is 5.73 Å². The number of ether oxygens (including phenoxy) is 1. The van der Waals surface area contributed by atoms with Crippen LogP contribution in [0.3, 0.4) is 0 Å². The van der Waals surface area contributed by atoms with E-state index in [1.807, 2.05) is 36.4 Å². The average Bonchev–Trinajstić information content (AvgIpc) is 3.17. The zero-order valence-electron chi connectivity index (χ0n) is 14.6. The molecular formula is C20H18N4O3. The first-order valence-electron chi connectivity index (χ1n) is 8.35. The molecule has 7 heteroatoms. The molecule has 4 N–H and O–H groups in total. The van der Waals surface area contributed by atoms with Crippen LogP contribution in [0.5, 0.6) is 5.75 Å². The summed E-state index contributed by atoms with van der Waals surface area (Å²) in [6, 6.07) is 16.2. The van der Waals surface area contributed by atoms with E-state index in [4.69, 9.17) is 20.3 Å². The Balaban J connectivity index is 1.87. The Labute approximate surface area is 155 Å². The van der Waals surface area contributed by atoms with Crippen molar-refractivity contribution in [3.63, 3.8) is 0 Å². The molecule has 2 aromatic carbocycles. The molecule has 3 aromatic rings. The predicted molar refractivity (Wildman–Crippen MR) is 102 cm³/mol. The van der Waals surface area contributed by atoms with Crippen molar-refractivity contribution < 1.29 is 13.9 Å². The number of rotatable bonds is 4. The molecule has 2 heterocycles. The third-order valence-electron chi connectivity index (χ3n) is 4.56. The molecule has 27 heavy (non-hydrogen) atoms. The highest BCUT2D eigenvalue weighted by atomic mass is 16.5. The van der Waals surface area contributed by atoms with E-state index in [0.29, 0.717) is 28.3 Å². The highest BCUT2D eigenvalue weighted by Gasteiger charge is 2.35. The minimum absolute atomic E-state index is 0.256. The minimum atomic E-state index is -0.534. The van der Waals surface area contributed by atoms with Crippen molar-refractivity contribution in [1.82, 2.24) is 0 Å². The van der Waals surface area contributed by atoms with Crippen LogP contribution < -0.4 is 20.7 Å². The molecule has 4 rings (SSSR count). The quantitative estimate of drug-likeness (QED) is 0.660. The molecule has 0 bridgehead atoms. The number of methoxy groups -OCH3 is 1. The van der Waals surface area contributed by atoms with E-state index in [-0.39, 0.29) is 5.84 Å². The number of nitrogens with two attached hydrogens (primary N) is 1. The van der Waals surface area contributed by atoms with Gasteiger partial charge in [0.1, 0.15) is 17.8 Å². The molecule has 1 amide bonds. The van der Waals surface area contributed by atoms with Gasteiger partial charge in [-0.3, -0.25) is 10.2 Å². The molecule has 7 nitrogen and oxygen atoms in total. The van der Waals surface area contributed by atoms with E-state index >= 15 is 0 Å². The zero-order chi connectivity index (χ0) is 19.0. The Hall–Kier alpha value is -3.74. The number of benzene rings is 2. The molecule has 1 aliphatic heterocycles. The largest absolute Gasteiger partial charge is 0.497 e. The molecule has 0 saturated heterocycles. The third kappa shape index (κ3) is 2.79. The normalized spacial score (nSPS) is 15.8. The maximum atomic E-state index is 12.0. The monoisotopic (exact) mass is 362 g/mol. The second kappa shape index (κ2) is 6.53. The van der Waals surface area contributed by atoms with Crippen LogP contribution >= 0.6 is 0 Å². The molecule has 0 spiro atoms. The summed E-state index contributed by atoms with van der Waals surface area (Å²) in [4.78, 5) is 13.7. The second-order valence-corrected chi connectivity index (χ2v) is 6.08. The molecule has 0 saturated carbocycles. The number of amidine groups is 1. The van der Waals surface area contributed by atoms with E-state index in [2.05, 4.69) is 5.32 Å². The molecule has 1 atom stereocenters. The maximum absolute atomic E-state index is 12.0. The summed E-state index contributed by atoms with van der Waals surface area (Å²) in [6.07, 6.45) is 0.995. The highest BCUT2D eigenvalue weighted by Crippen LogP contribution is 2.38. The van der Waals surface area contributed by atoms with Gasteiger partial charge in [-0.25, -0.2) is 0 Å². The lowest BCUT2D eigenvalue weighted by Gasteiger charge is -2.38. The van der Waals surface area contributed by atoms with Gasteiger partial charge in [-0.15, -0.1) is 0 Å². The number of nitrogens with zero attached hydrogens (tertiary/aromatic N) is 1. The standard InChI is InChI=1S/C20H18N4O3/c1-26-13-8-6-12(7-9-13)24-17(21)16-10-11-27-20(16)23-19(24)15-5-3-2-4-14(15)18(22)25/h2-11,19,21,23H,1H3,(H2,22,25). The van der Waals surface area contributed by atoms with Crippen LogP contribution in [0.15, 0.2) is 65.3 Å². The van der Waals surface area contributed by atoms with E-state index in [1.165, 1.54) is 6.26 Å². The molecule has 1 aromatic heterocycles. The average molecular weight is 362 g/mol. The number of hydrogen-bond donors (Lipinski definition) is 3. The van der Waals surface area contributed by atoms with Crippen LogP contribution in [0.1, 0.15) is 27.7 Å². The number of fused-ring (bicyclic) bond motifs is 1. The summed E-state index contributed by atoms with van der Waals surface area (Å²) in [5.41, 5.74) is 8.02. The Kier molecular flexibility index (Phi) is 4.04. The molecule has 136 valence electrons. The summed E-state index contributed by atoms with van der Waals surface area (Å²) >= 11 is 0. The van der Waals surface area contributed by atoms with Gasteiger partial charge in [0.2, 0.25) is 11.8 Å². The van der Waals surface area contributed by atoms with E-state index in [1.54, 1.807) is 30.2 Å². The number of carbonyl (C=O) groups excluding carboxylic acids is 1. The lowest BCUT2D eigenvalue weighted by atomic mass is 10.00. The number of primary amides is 1. The van der Waals surface area contributed by atoms with Crippen molar-refractivity contribution >= 4 is 23.3 Å². The van der Waals surface area contributed by atoms with Gasteiger partial charge in [0, 0.05) is 16.8 Å². The van der Waals surface area contributed by atoms with E-state index < -0.39 is 12.1 Å². The van der Waals surface area contributed by atoms with Crippen LogP contribution in [0.25, 0.3) is 0 Å². The van der Waals surface area contributed by atoms with Crippen molar-refractivity contribution in [1.29, 1.82) is 5.41 Å². The summed E-state index contributed by atoms with van der Waals surface area (Å²) in [5.74, 6) is 0.924. The smallest absolute Gasteiger partial charge is 0.249 e. The SMILES string of the molecule is COc1ccc(N2C(=N)c3ccoc3NC2c2ccccc2C(N)=O)cc1. The van der Waals surface area contributed by atoms with Gasteiger partial charge in [-0.1, -0.05) is 18.2 Å². The molecule has 1 unspecified atom stereocenters. The molecule has 0 aliphatic carbocycles. The molecule has 0 fully saturated rings. The van der Waals surface area contributed by atoms with E-state index in [9.17, 15) is 4.79 Å². The van der Waals surface area contributed by atoms with Gasteiger partial charge in [-0.05, 0) is 36.4 Å². The highest BCUT2D eigenvalue weighted by molar-refractivity contribution is 6.13. The summed E-state index contributed by atoms with van der Waals surface area (Å²) < 4.78 is 10.7. The van der Waals surface area contributed by atoms with Crippen molar-refractivity contribution in [2.45, 2.75) is 6.17 Å². The number of furan rings is 1. The summed E-state index contributed by atoms with van der Waals surface area (Å²) in [7, 11) is 1.60. The Morgan fingerprint density at radius 1 is 1.19 bits per heavy atom. The zero-order valence-corrected chi connectivity index (χ0v) is 14.6. The first-order chi connectivity index (χ1) is 13.1. The fourth-order valence-corrected chi connectivity index (χ4v) is 3.25. The van der Waals surface area contributed by atoms with Gasteiger partial charge < -0.3 is 25.1 Å². The lowest BCUT2D eigenvalue weighted by molar-refractivity contribution is 0.0999. The van der Waals surface area contributed by atoms with Gasteiger partial charge >= 0.3 is 0 Å². The predicted octanol–water partition coefficient (Wildman–Crippen LogP) is 3.34. The third-order valence-corrected chi connectivity index (χ3v) is 4.56. The van der Waals surface area contributed by atoms with Crippen LogP contribution in [0.4, 0.5) is 11.6 Å². The van der Waals surface area contributed by atoms with Gasteiger partial charge in [0.05, 0.1) is 18.9 Å². The van der Waals surface area contributed by atoms with Crippen molar-refractivity contribution in [2.75, 3.05) is 17.3 Å². The van der Waals surface area contributed by atoms with Gasteiger partial charge in [0.15, 0.2) is 0 Å². The summed E-state index contributed by atoms with van der Waals surface area (Å²) in [5, 5.41) is 12.0. The molecule has 1 aliphatic rings. The molecular weight excluding hydrogens is 344 g/mol.